The number of hydrogen-bond acceptors (Lipinski definition) is 5. The van der Waals surface area contributed by atoms with Gasteiger partial charge in [-0.15, -0.1) is 0 Å². The van der Waals surface area contributed by atoms with Gasteiger partial charge in [-0.2, -0.15) is 10.4 Å². The predicted octanol–water partition coefficient (Wildman–Crippen LogP) is 2.95. The van der Waals surface area contributed by atoms with Gasteiger partial charge in [-0.3, -0.25) is 0 Å². The van der Waals surface area contributed by atoms with Crippen LogP contribution in [0, 0.1) is 11.3 Å². The Hall–Kier alpha value is -2.91. The molecule has 1 aliphatic rings. The first-order valence-corrected chi connectivity index (χ1v) is 8.60. The summed E-state index contributed by atoms with van der Waals surface area (Å²) in [7, 11) is 0. The first-order valence-electron chi connectivity index (χ1n) is 8.60. The van der Waals surface area contributed by atoms with Crippen molar-refractivity contribution >= 4 is 11.3 Å². The van der Waals surface area contributed by atoms with Crippen molar-refractivity contribution in [3.63, 3.8) is 0 Å². The van der Waals surface area contributed by atoms with E-state index in [0.717, 1.165) is 48.3 Å². The summed E-state index contributed by atoms with van der Waals surface area (Å²) >= 11 is 0. The molecule has 0 atom stereocenters. The van der Waals surface area contributed by atoms with Gasteiger partial charge >= 0.3 is 0 Å². The molecule has 25 heavy (non-hydrogen) atoms. The topological polar surface area (TPSA) is 92.0 Å². The fraction of sp³-hybridized carbons (Fsp3) is 0.316. The van der Waals surface area contributed by atoms with E-state index in [1.807, 2.05) is 24.3 Å². The molecule has 0 aromatic carbocycles. The smallest absolute Gasteiger partial charge is 0.126 e. The molecule has 3 aromatic heterocycles. The van der Waals surface area contributed by atoms with Crippen molar-refractivity contribution in [2.24, 2.45) is 5.73 Å². The van der Waals surface area contributed by atoms with E-state index >= 15 is 0 Å². The number of fused-ring (bicyclic) bond motifs is 1. The summed E-state index contributed by atoms with van der Waals surface area (Å²) in [6.45, 7) is 0. The fourth-order valence-electron chi connectivity index (χ4n) is 3.39. The van der Waals surface area contributed by atoms with Gasteiger partial charge in [-0.05, 0) is 49.9 Å². The lowest BCUT2D eigenvalue weighted by atomic mass is 9.92. The summed E-state index contributed by atoms with van der Waals surface area (Å²) in [5.41, 5.74) is 9.25. The fourth-order valence-corrected chi connectivity index (χ4v) is 3.39. The van der Waals surface area contributed by atoms with Crippen LogP contribution in [0.2, 0.25) is 0 Å². The normalized spacial score (nSPS) is 20.3. The Morgan fingerprint density at radius 2 is 2.04 bits per heavy atom. The molecule has 3 heterocycles. The Balaban J connectivity index is 1.62. The molecule has 6 heteroatoms. The molecule has 0 aliphatic heterocycles. The highest BCUT2D eigenvalue weighted by atomic mass is 15.2. The van der Waals surface area contributed by atoms with E-state index in [0.29, 0.717) is 17.6 Å². The number of anilines is 1. The first kappa shape index (κ1) is 15.6. The summed E-state index contributed by atoms with van der Waals surface area (Å²) < 4.78 is 1.76. The molecule has 0 radical (unpaired) electrons. The molecule has 6 nitrogen and oxygen atoms in total. The van der Waals surface area contributed by atoms with Crippen molar-refractivity contribution in [3.05, 3.63) is 48.3 Å². The molecule has 0 spiro atoms. The number of nitrogens with two attached hydrogens (primary N) is 1. The highest BCUT2D eigenvalue weighted by Gasteiger charge is 2.18. The molecule has 4 rings (SSSR count). The third kappa shape index (κ3) is 3.19. The van der Waals surface area contributed by atoms with Gasteiger partial charge in [0.25, 0.3) is 0 Å². The third-order valence-corrected chi connectivity index (χ3v) is 4.80. The van der Waals surface area contributed by atoms with Crippen LogP contribution in [0.1, 0.15) is 31.2 Å². The summed E-state index contributed by atoms with van der Waals surface area (Å²) in [5, 5.41) is 17.0. The Labute approximate surface area is 146 Å². The van der Waals surface area contributed by atoms with Gasteiger partial charge in [0.15, 0.2) is 0 Å². The van der Waals surface area contributed by atoms with Crippen LogP contribution in [0.4, 0.5) is 5.82 Å². The van der Waals surface area contributed by atoms with Crippen LogP contribution in [0.3, 0.4) is 0 Å². The maximum atomic E-state index is 9.13. The number of nitrogens with zero attached hydrogens (tertiary/aromatic N) is 4. The second-order valence-electron chi connectivity index (χ2n) is 6.58. The molecule has 1 saturated carbocycles. The van der Waals surface area contributed by atoms with Crippen LogP contribution in [-0.4, -0.2) is 26.7 Å². The summed E-state index contributed by atoms with van der Waals surface area (Å²) in [5.74, 6) is 0.869. The Morgan fingerprint density at radius 3 is 2.84 bits per heavy atom. The van der Waals surface area contributed by atoms with Crippen molar-refractivity contribution in [2.75, 3.05) is 5.32 Å². The zero-order chi connectivity index (χ0) is 17.2. The second kappa shape index (κ2) is 6.54. The second-order valence-corrected chi connectivity index (χ2v) is 6.58. The Morgan fingerprint density at radius 1 is 1.20 bits per heavy atom. The van der Waals surface area contributed by atoms with E-state index in [1.54, 1.807) is 23.0 Å². The van der Waals surface area contributed by atoms with Crippen LogP contribution < -0.4 is 11.1 Å². The van der Waals surface area contributed by atoms with E-state index in [9.17, 15) is 0 Å². The Kier molecular flexibility index (Phi) is 4.08. The van der Waals surface area contributed by atoms with E-state index in [1.165, 1.54) is 0 Å². The highest BCUT2D eigenvalue weighted by Crippen LogP contribution is 2.26. The van der Waals surface area contributed by atoms with E-state index < -0.39 is 0 Å². The number of rotatable bonds is 3. The molecule has 1 fully saturated rings. The first-order chi connectivity index (χ1) is 12.2. The molecule has 1 aliphatic carbocycles. The minimum atomic E-state index is 0.338. The van der Waals surface area contributed by atoms with Crippen LogP contribution in [0.5, 0.6) is 0 Å². The molecule has 126 valence electrons. The summed E-state index contributed by atoms with van der Waals surface area (Å²) in [4.78, 5) is 4.76. The van der Waals surface area contributed by atoms with Gasteiger partial charge in [0, 0.05) is 23.8 Å². The Bertz CT molecular complexity index is 930. The van der Waals surface area contributed by atoms with Crippen molar-refractivity contribution in [1.29, 1.82) is 5.26 Å². The van der Waals surface area contributed by atoms with Crippen molar-refractivity contribution in [3.8, 4) is 17.3 Å². The minimum absolute atomic E-state index is 0.338. The lowest BCUT2D eigenvalue weighted by molar-refractivity contribution is 0.410. The average Bonchev–Trinajstić information content (AvgIpc) is 3.07. The van der Waals surface area contributed by atoms with Gasteiger partial charge in [0.05, 0.1) is 29.0 Å². The molecule has 3 N–H and O–H groups in total. The van der Waals surface area contributed by atoms with Crippen LogP contribution >= 0.6 is 0 Å². The van der Waals surface area contributed by atoms with Crippen LogP contribution in [0.25, 0.3) is 16.8 Å². The number of pyridine rings is 2. The maximum Gasteiger partial charge on any atom is 0.126 e. The standard InChI is InChI=1S/C19H20N6/c20-11-13-8-9-25-18(10-13)16(12-22-25)17-2-1-3-19(24-17)23-15-6-4-14(21)5-7-15/h1-3,8-10,12,14-15H,4-7,21H2,(H,23,24)/t14-,15-. The quantitative estimate of drug-likeness (QED) is 0.769. The lowest BCUT2D eigenvalue weighted by Gasteiger charge is -2.27. The maximum absolute atomic E-state index is 9.13. The van der Waals surface area contributed by atoms with E-state index in [-0.39, 0.29) is 0 Å². The number of aromatic nitrogens is 3. The number of nitrogens with one attached hydrogen (secondary N) is 1. The predicted molar refractivity (Wildman–Crippen MR) is 97.0 cm³/mol. The van der Waals surface area contributed by atoms with Gasteiger partial charge < -0.3 is 11.1 Å². The molecular weight excluding hydrogens is 312 g/mol. The monoisotopic (exact) mass is 332 g/mol. The molecule has 0 bridgehead atoms. The van der Waals surface area contributed by atoms with Crippen LogP contribution in [0.15, 0.2) is 42.7 Å². The molecule has 3 aromatic rings. The zero-order valence-electron chi connectivity index (χ0n) is 13.9. The third-order valence-electron chi connectivity index (χ3n) is 4.80. The number of hydrogen-bond donors (Lipinski definition) is 2. The SMILES string of the molecule is N#Cc1ccn2ncc(-c3cccc(N[C@H]4CC[C@H](N)CC4)n3)c2c1. The summed E-state index contributed by atoms with van der Waals surface area (Å²) in [6, 6.07) is 12.5. The number of nitriles is 1. The summed E-state index contributed by atoms with van der Waals surface area (Å²) in [6.07, 6.45) is 7.86. The van der Waals surface area contributed by atoms with Gasteiger partial charge in [0.2, 0.25) is 0 Å². The van der Waals surface area contributed by atoms with E-state index in [4.69, 9.17) is 16.0 Å². The molecule has 0 saturated heterocycles. The molecular formula is C19H20N6. The highest BCUT2D eigenvalue weighted by molar-refractivity contribution is 5.79. The van der Waals surface area contributed by atoms with Gasteiger partial charge in [-0.25, -0.2) is 9.50 Å². The average molecular weight is 332 g/mol. The lowest BCUT2D eigenvalue weighted by Crippen LogP contribution is -2.33. The molecule has 0 amide bonds. The largest absolute Gasteiger partial charge is 0.367 e. The van der Waals surface area contributed by atoms with Crippen molar-refractivity contribution < 1.29 is 0 Å². The molecule has 0 unspecified atom stereocenters. The van der Waals surface area contributed by atoms with Gasteiger partial charge in [0.1, 0.15) is 5.82 Å². The zero-order valence-corrected chi connectivity index (χ0v) is 13.9. The van der Waals surface area contributed by atoms with E-state index in [2.05, 4.69) is 16.5 Å². The van der Waals surface area contributed by atoms with Crippen molar-refractivity contribution in [1.82, 2.24) is 14.6 Å². The van der Waals surface area contributed by atoms with Crippen LogP contribution in [-0.2, 0) is 0 Å². The van der Waals surface area contributed by atoms with Gasteiger partial charge in [-0.1, -0.05) is 6.07 Å². The minimum Gasteiger partial charge on any atom is -0.367 e. The van der Waals surface area contributed by atoms with Crippen molar-refractivity contribution in [2.45, 2.75) is 37.8 Å².